The van der Waals surface area contributed by atoms with Crippen LogP contribution in [0.4, 0.5) is 0 Å². The third kappa shape index (κ3) is 4.90. The van der Waals surface area contributed by atoms with Crippen LogP contribution >= 0.6 is 0 Å². The molecule has 1 aromatic carbocycles. The molecule has 0 spiro atoms. The molecule has 2 aliphatic rings. The van der Waals surface area contributed by atoms with Gasteiger partial charge in [-0.2, -0.15) is 0 Å². The molecule has 2 aromatic rings. The van der Waals surface area contributed by atoms with Gasteiger partial charge in [0.1, 0.15) is 5.75 Å². The Hall–Kier alpha value is -2.40. The van der Waals surface area contributed by atoms with Gasteiger partial charge in [0.05, 0.1) is 12.2 Å². The topological polar surface area (TPSA) is 45.7 Å². The molecule has 1 amide bonds. The minimum atomic E-state index is 0.0622. The average molecular weight is 380 g/mol. The van der Waals surface area contributed by atoms with Crippen LogP contribution in [0.1, 0.15) is 41.6 Å². The van der Waals surface area contributed by atoms with E-state index in [1.807, 2.05) is 29.2 Å². The van der Waals surface area contributed by atoms with Gasteiger partial charge in [0.2, 0.25) is 0 Å². The number of nitrogens with zero attached hydrogens (tertiary/aromatic N) is 3. The van der Waals surface area contributed by atoms with Crippen molar-refractivity contribution in [3.63, 3.8) is 0 Å². The lowest BCUT2D eigenvalue weighted by molar-refractivity contribution is 0.0729. The first-order valence-corrected chi connectivity index (χ1v) is 10.3. The van der Waals surface area contributed by atoms with Crippen molar-refractivity contribution in [2.75, 3.05) is 26.7 Å². The SMILES string of the molecule is CN1CCCC(COc2cccc(CN(C(=O)c3cccnc3)C3CC3)c2)C1. The zero-order valence-corrected chi connectivity index (χ0v) is 16.6. The van der Waals surface area contributed by atoms with Crippen LogP contribution in [-0.2, 0) is 6.54 Å². The van der Waals surface area contributed by atoms with Gasteiger partial charge in [-0.3, -0.25) is 9.78 Å². The van der Waals surface area contributed by atoms with Gasteiger partial charge in [-0.15, -0.1) is 0 Å². The predicted octanol–water partition coefficient (Wildman–Crippen LogP) is 3.61. The Morgan fingerprint density at radius 3 is 2.89 bits per heavy atom. The highest BCUT2D eigenvalue weighted by Gasteiger charge is 2.33. The van der Waals surface area contributed by atoms with Gasteiger partial charge in [-0.1, -0.05) is 12.1 Å². The molecule has 1 aliphatic heterocycles. The number of aromatic nitrogens is 1. The summed E-state index contributed by atoms with van der Waals surface area (Å²) in [6.07, 6.45) is 7.99. The van der Waals surface area contributed by atoms with E-state index >= 15 is 0 Å². The third-order valence-corrected chi connectivity index (χ3v) is 5.62. The number of likely N-dealkylation sites (tertiary alicyclic amines) is 1. The highest BCUT2D eigenvalue weighted by Crippen LogP contribution is 2.30. The van der Waals surface area contributed by atoms with Gasteiger partial charge in [-0.05, 0) is 69.1 Å². The van der Waals surface area contributed by atoms with Gasteiger partial charge in [-0.25, -0.2) is 0 Å². The van der Waals surface area contributed by atoms with E-state index in [4.69, 9.17) is 4.74 Å². The number of piperidine rings is 1. The fourth-order valence-corrected chi connectivity index (χ4v) is 3.96. The number of hydrogen-bond acceptors (Lipinski definition) is 4. The number of carbonyl (C=O) groups excluding carboxylic acids is 1. The zero-order valence-electron chi connectivity index (χ0n) is 16.6. The molecule has 5 heteroatoms. The number of hydrogen-bond donors (Lipinski definition) is 0. The van der Waals surface area contributed by atoms with Crippen LogP contribution in [-0.4, -0.2) is 53.5 Å². The van der Waals surface area contributed by atoms with Crippen LogP contribution in [0.15, 0.2) is 48.8 Å². The molecule has 1 aliphatic carbocycles. The van der Waals surface area contributed by atoms with Crippen molar-refractivity contribution in [2.45, 2.75) is 38.3 Å². The molecule has 1 unspecified atom stereocenters. The van der Waals surface area contributed by atoms with Gasteiger partial charge < -0.3 is 14.5 Å². The van der Waals surface area contributed by atoms with Crippen molar-refractivity contribution >= 4 is 5.91 Å². The standard InChI is InChI=1S/C23H29N3O2/c1-25-12-4-6-19(15-25)17-28-22-8-2-5-18(13-22)16-26(21-9-10-21)23(27)20-7-3-11-24-14-20/h2-3,5,7-8,11,13-14,19,21H,4,6,9-10,12,15-17H2,1H3. The van der Waals surface area contributed by atoms with Crippen LogP contribution in [0.25, 0.3) is 0 Å². The molecule has 2 fully saturated rings. The summed E-state index contributed by atoms with van der Waals surface area (Å²) in [7, 11) is 2.18. The molecular formula is C23H29N3O2. The summed E-state index contributed by atoms with van der Waals surface area (Å²) in [6.45, 7) is 3.67. The normalized spacial score (nSPS) is 20.0. The summed E-state index contributed by atoms with van der Waals surface area (Å²) < 4.78 is 6.10. The molecule has 0 N–H and O–H groups in total. The Labute approximate surface area is 167 Å². The average Bonchev–Trinajstić information content (AvgIpc) is 3.56. The molecular weight excluding hydrogens is 350 g/mol. The van der Waals surface area contributed by atoms with Gasteiger partial charge >= 0.3 is 0 Å². The molecule has 1 atom stereocenters. The number of pyridine rings is 1. The Morgan fingerprint density at radius 1 is 1.25 bits per heavy atom. The van der Waals surface area contributed by atoms with E-state index in [1.54, 1.807) is 12.4 Å². The minimum Gasteiger partial charge on any atom is -0.493 e. The molecule has 2 heterocycles. The van der Waals surface area contributed by atoms with E-state index in [0.717, 1.165) is 37.3 Å². The largest absolute Gasteiger partial charge is 0.493 e. The lowest BCUT2D eigenvalue weighted by Crippen LogP contribution is -2.34. The summed E-state index contributed by atoms with van der Waals surface area (Å²) in [5.74, 6) is 1.56. The minimum absolute atomic E-state index is 0.0622. The second-order valence-corrected chi connectivity index (χ2v) is 8.13. The van der Waals surface area contributed by atoms with E-state index in [0.29, 0.717) is 24.1 Å². The maximum atomic E-state index is 12.9. The first kappa shape index (κ1) is 18.9. The first-order valence-electron chi connectivity index (χ1n) is 10.3. The third-order valence-electron chi connectivity index (χ3n) is 5.62. The smallest absolute Gasteiger partial charge is 0.255 e. The molecule has 1 aromatic heterocycles. The second kappa shape index (κ2) is 8.74. The van der Waals surface area contributed by atoms with E-state index in [9.17, 15) is 4.79 Å². The molecule has 0 radical (unpaired) electrons. The Bertz CT molecular complexity index is 791. The lowest BCUT2D eigenvalue weighted by Gasteiger charge is -2.29. The van der Waals surface area contributed by atoms with E-state index in [1.165, 1.54) is 19.4 Å². The summed E-state index contributed by atoms with van der Waals surface area (Å²) >= 11 is 0. The van der Waals surface area contributed by atoms with Crippen LogP contribution in [0, 0.1) is 5.92 Å². The highest BCUT2D eigenvalue weighted by molar-refractivity contribution is 5.94. The van der Waals surface area contributed by atoms with E-state index in [2.05, 4.69) is 29.1 Å². The van der Waals surface area contributed by atoms with Crippen molar-refractivity contribution in [2.24, 2.45) is 5.92 Å². The van der Waals surface area contributed by atoms with E-state index in [-0.39, 0.29) is 5.91 Å². The van der Waals surface area contributed by atoms with Gasteiger partial charge in [0.25, 0.3) is 5.91 Å². The van der Waals surface area contributed by atoms with Crippen LogP contribution in [0.3, 0.4) is 0 Å². The Morgan fingerprint density at radius 2 is 2.14 bits per heavy atom. The highest BCUT2D eigenvalue weighted by atomic mass is 16.5. The maximum absolute atomic E-state index is 12.9. The van der Waals surface area contributed by atoms with Gasteiger partial charge in [0, 0.05) is 37.4 Å². The summed E-state index contributed by atoms with van der Waals surface area (Å²) in [5, 5.41) is 0. The zero-order chi connectivity index (χ0) is 19.3. The van der Waals surface area contributed by atoms with Crippen LogP contribution in [0.5, 0.6) is 5.75 Å². The quantitative estimate of drug-likeness (QED) is 0.737. The van der Waals surface area contributed by atoms with Crippen molar-refractivity contribution in [3.8, 4) is 5.75 Å². The van der Waals surface area contributed by atoms with Crippen molar-refractivity contribution in [1.82, 2.24) is 14.8 Å². The molecule has 0 bridgehead atoms. The monoisotopic (exact) mass is 379 g/mol. The van der Waals surface area contributed by atoms with E-state index < -0.39 is 0 Å². The molecule has 1 saturated heterocycles. The van der Waals surface area contributed by atoms with Crippen LogP contribution in [0.2, 0.25) is 0 Å². The fraction of sp³-hybridized carbons (Fsp3) is 0.478. The van der Waals surface area contributed by atoms with Gasteiger partial charge in [0.15, 0.2) is 0 Å². The molecule has 4 rings (SSSR count). The first-order chi connectivity index (χ1) is 13.7. The number of ether oxygens (including phenoxy) is 1. The Kier molecular flexibility index (Phi) is 5.91. The second-order valence-electron chi connectivity index (χ2n) is 8.13. The molecule has 148 valence electrons. The number of carbonyl (C=O) groups is 1. The van der Waals surface area contributed by atoms with Crippen molar-refractivity contribution in [3.05, 3.63) is 59.9 Å². The molecule has 1 saturated carbocycles. The maximum Gasteiger partial charge on any atom is 0.255 e. The van der Waals surface area contributed by atoms with Crippen molar-refractivity contribution < 1.29 is 9.53 Å². The van der Waals surface area contributed by atoms with Crippen molar-refractivity contribution in [1.29, 1.82) is 0 Å². The molecule has 5 nitrogen and oxygen atoms in total. The summed E-state index contributed by atoms with van der Waals surface area (Å²) in [5.41, 5.74) is 1.77. The lowest BCUT2D eigenvalue weighted by atomic mass is 9.99. The summed E-state index contributed by atoms with van der Waals surface area (Å²) in [6, 6.07) is 12.2. The Balaban J connectivity index is 1.39. The summed E-state index contributed by atoms with van der Waals surface area (Å²) in [4.78, 5) is 21.4. The predicted molar refractivity (Wildman–Crippen MR) is 109 cm³/mol. The molecule has 28 heavy (non-hydrogen) atoms. The number of amides is 1. The number of benzene rings is 1. The fourth-order valence-electron chi connectivity index (χ4n) is 3.96. The van der Waals surface area contributed by atoms with Crippen LogP contribution < -0.4 is 4.74 Å². The number of rotatable bonds is 7.